The molecule has 0 aromatic heterocycles. The molecule has 1 atom stereocenters. The van der Waals surface area contributed by atoms with Crippen LogP contribution < -0.4 is 10.1 Å². The van der Waals surface area contributed by atoms with Crippen molar-refractivity contribution in [1.29, 1.82) is 0 Å². The lowest BCUT2D eigenvalue weighted by Crippen LogP contribution is -2.50. The Hall–Kier alpha value is -2.82. The minimum Gasteiger partial charge on any atom is -0.484 e. The number of ether oxygens (including phenoxy) is 1. The van der Waals surface area contributed by atoms with Gasteiger partial charge in [-0.05, 0) is 49.4 Å². The van der Waals surface area contributed by atoms with Gasteiger partial charge in [0.15, 0.2) is 6.61 Å². The summed E-state index contributed by atoms with van der Waals surface area (Å²) >= 11 is 0. The van der Waals surface area contributed by atoms with Crippen molar-refractivity contribution in [3.63, 3.8) is 0 Å². The maximum atomic E-state index is 13.1. The van der Waals surface area contributed by atoms with Gasteiger partial charge in [0.2, 0.25) is 5.91 Å². The van der Waals surface area contributed by atoms with E-state index in [4.69, 9.17) is 4.74 Å². The van der Waals surface area contributed by atoms with Gasteiger partial charge in [-0.3, -0.25) is 9.59 Å². The Bertz CT molecular complexity index is 831. The number of aryl methyl sites for hydroxylation is 2. The lowest BCUT2D eigenvalue weighted by Gasteiger charge is -2.31. The van der Waals surface area contributed by atoms with Gasteiger partial charge in [0.05, 0.1) is 0 Å². The Morgan fingerprint density at radius 1 is 1.03 bits per heavy atom. The number of carbonyl (C=O) groups excluding carboxylic acids is 2. The van der Waals surface area contributed by atoms with E-state index in [0.717, 1.165) is 16.7 Å². The molecule has 0 unspecified atom stereocenters. The van der Waals surface area contributed by atoms with Gasteiger partial charge < -0.3 is 15.0 Å². The highest BCUT2D eigenvalue weighted by molar-refractivity contribution is 5.88. The Balaban J connectivity index is 2.18. The number of hydrogen-bond donors (Lipinski definition) is 1. The maximum absolute atomic E-state index is 13.1. The minimum atomic E-state index is -0.543. The standard InChI is InChI=1S/C25H34N2O3/c1-6-23(25(29)26-15-18(2)3)27(16-21-12-10-19(4)11-13-21)24(28)17-30-22-9-7-8-20(5)14-22/h7-14,18,23H,6,15-17H2,1-5H3,(H,26,29)/t23-/m0/s1. The molecule has 162 valence electrons. The van der Waals surface area contributed by atoms with Crippen molar-refractivity contribution in [2.75, 3.05) is 13.2 Å². The van der Waals surface area contributed by atoms with Gasteiger partial charge in [-0.1, -0.05) is 62.7 Å². The molecule has 0 aliphatic heterocycles. The molecular weight excluding hydrogens is 376 g/mol. The first-order valence-corrected chi connectivity index (χ1v) is 10.6. The quantitative estimate of drug-likeness (QED) is 0.637. The van der Waals surface area contributed by atoms with Crippen LogP contribution >= 0.6 is 0 Å². The second-order valence-corrected chi connectivity index (χ2v) is 8.18. The lowest BCUT2D eigenvalue weighted by molar-refractivity contribution is -0.143. The molecule has 30 heavy (non-hydrogen) atoms. The number of nitrogens with zero attached hydrogens (tertiary/aromatic N) is 1. The fraction of sp³-hybridized carbons (Fsp3) is 0.440. The molecule has 0 bridgehead atoms. The molecule has 2 rings (SSSR count). The van der Waals surface area contributed by atoms with E-state index in [-0.39, 0.29) is 18.4 Å². The van der Waals surface area contributed by atoms with Gasteiger partial charge in [-0.15, -0.1) is 0 Å². The zero-order valence-corrected chi connectivity index (χ0v) is 18.8. The van der Waals surface area contributed by atoms with Gasteiger partial charge in [0, 0.05) is 13.1 Å². The van der Waals surface area contributed by atoms with Crippen molar-refractivity contribution >= 4 is 11.8 Å². The van der Waals surface area contributed by atoms with Crippen LogP contribution in [0.3, 0.4) is 0 Å². The summed E-state index contributed by atoms with van der Waals surface area (Å²) in [6.45, 7) is 10.9. The van der Waals surface area contributed by atoms with E-state index in [0.29, 0.717) is 31.2 Å². The van der Waals surface area contributed by atoms with Gasteiger partial charge in [0.25, 0.3) is 5.91 Å². The molecule has 5 nitrogen and oxygen atoms in total. The molecule has 0 spiro atoms. The summed E-state index contributed by atoms with van der Waals surface area (Å²) in [4.78, 5) is 27.6. The van der Waals surface area contributed by atoms with Crippen molar-refractivity contribution in [2.45, 2.75) is 53.6 Å². The fourth-order valence-electron chi connectivity index (χ4n) is 3.17. The van der Waals surface area contributed by atoms with Crippen LogP contribution in [0.5, 0.6) is 5.75 Å². The van der Waals surface area contributed by atoms with Gasteiger partial charge >= 0.3 is 0 Å². The van der Waals surface area contributed by atoms with E-state index in [1.54, 1.807) is 4.90 Å². The molecule has 5 heteroatoms. The van der Waals surface area contributed by atoms with Crippen molar-refractivity contribution in [3.8, 4) is 5.75 Å². The van der Waals surface area contributed by atoms with Crippen LogP contribution in [0.25, 0.3) is 0 Å². The van der Waals surface area contributed by atoms with Crippen LogP contribution in [0.2, 0.25) is 0 Å². The molecule has 0 radical (unpaired) electrons. The Morgan fingerprint density at radius 3 is 2.33 bits per heavy atom. The van der Waals surface area contributed by atoms with Gasteiger partial charge in [-0.25, -0.2) is 0 Å². The van der Waals surface area contributed by atoms with Crippen LogP contribution in [0.4, 0.5) is 0 Å². The number of carbonyl (C=O) groups is 2. The lowest BCUT2D eigenvalue weighted by atomic mass is 10.1. The second-order valence-electron chi connectivity index (χ2n) is 8.18. The summed E-state index contributed by atoms with van der Waals surface area (Å²) in [5, 5.41) is 2.97. The molecule has 0 aliphatic rings. The largest absolute Gasteiger partial charge is 0.484 e. The van der Waals surface area contributed by atoms with Crippen molar-refractivity contribution in [2.24, 2.45) is 5.92 Å². The average Bonchev–Trinajstić information content (AvgIpc) is 2.71. The smallest absolute Gasteiger partial charge is 0.261 e. The van der Waals surface area contributed by atoms with Crippen molar-refractivity contribution in [3.05, 3.63) is 65.2 Å². The second kappa shape index (κ2) is 11.4. The first-order valence-electron chi connectivity index (χ1n) is 10.6. The Labute approximate surface area is 180 Å². The molecular formula is C25H34N2O3. The third kappa shape index (κ3) is 7.21. The summed E-state index contributed by atoms with van der Waals surface area (Å²) < 4.78 is 5.74. The first kappa shape index (κ1) is 23.5. The molecule has 2 aromatic rings. The van der Waals surface area contributed by atoms with Crippen LogP contribution in [-0.2, 0) is 16.1 Å². The third-order valence-electron chi connectivity index (χ3n) is 4.90. The zero-order chi connectivity index (χ0) is 22.1. The summed E-state index contributed by atoms with van der Waals surface area (Å²) in [7, 11) is 0. The minimum absolute atomic E-state index is 0.108. The van der Waals surface area contributed by atoms with Gasteiger partial charge in [0.1, 0.15) is 11.8 Å². The van der Waals surface area contributed by atoms with E-state index >= 15 is 0 Å². The number of benzene rings is 2. The number of rotatable bonds is 10. The van der Waals surface area contributed by atoms with E-state index in [1.807, 2.05) is 83.1 Å². The number of amides is 2. The van der Waals surface area contributed by atoms with Crippen LogP contribution in [0, 0.1) is 19.8 Å². The van der Waals surface area contributed by atoms with E-state index in [1.165, 1.54) is 0 Å². The Kier molecular flexibility index (Phi) is 8.90. The van der Waals surface area contributed by atoms with Crippen LogP contribution in [0.1, 0.15) is 43.9 Å². The normalized spacial score (nSPS) is 11.8. The van der Waals surface area contributed by atoms with E-state index in [2.05, 4.69) is 5.32 Å². The molecule has 0 aliphatic carbocycles. The van der Waals surface area contributed by atoms with Crippen LogP contribution in [0.15, 0.2) is 48.5 Å². The predicted molar refractivity (Wildman–Crippen MR) is 120 cm³/mol. The molecule has 2 aromatic carbocycles. The predicted octanol–water partition coefficient (Wildman–Crippen LogP) is 4.26. The number of nitrogens with one attached hydrogen (secondary N) is 1. The van der Waals surface area contributed by atoms with E-state index in [9.17, 15) is 9.59 Å². The summed E-state index contributed by atoms with van der Waals surface area (Å²) in [6, 6.07) is 15.1. The van der Waals surface area contributed by atoms with Crippen LogP contribution in [-0.4, -0.2) is 35.9 Å². The van der Waals surface area contributed by atoms with E-state index < -0.39 is 6.04 Å². The first-order chi connectivity index (χ1) is 14.3. The summed E-state index contributed by atoms with van der Waals surface area (Å²) in [5.41, 5.74) is 3.21. The molecule has 0 saturated heterocycles. The maximum Gasteiger partial charge on any atom is 0.261 e. The molecule has 0 saturated carbocycles. The van der Waals surface area contributed by atoms with Gasteiger partial charge in [-0.2, -0.15) is 0 Å². The highest BCUT2D eigenvalue weighted by Gasteiger charge is 2.29. The SMILES string of the molecule is CC[C@@H](C(=O)NCC(C)C)N(Cc1ccc(C)cc1)C(=O)COc1cccc(C)c1. The van der Waals surface area contributed by atoms with Crippen molar-refractivity contribution in [1.82, 2.24) is 10.2 Å². The molecule has 0 fully saturated rings. The summed E-state index contributed by atoms with van der Waals surface area (Å²) in [5.74, 6) is 0.666. The topological polar surface area (TPSA) is 58.6 Å². The zero-order valence-electron chi connectivity index (χ0n) is 18.8. The molecule has 0 heterocycles. The fourth-order valence-corrected chi connectivity index (χ4v) is 3.17. The van der Waals surface area contributed by atoms with Crippen molar-refractivity contribution < 1.29 is 14.3 Å². The summed E-state index contributed by atoms with van der Waals surface area (Å²) in [6.07, 6.45) is 0.534. The molecule has 1 N–H and O–H groups in total. The average molecular weight is 411 g/mol. The molecule has 2 amide bonds. The highest BCUT2D eigenvalue weighted by atomic mass is 16.5. The monoisotopic (exact) mass is 410 g/mol. The Morgan fingerprint density at radius 2 is 1.73 bits per heavy atom. The number of hydrogen-bond acceptors (Lipinski definition) is 3. The third-order valence-corrected chi connectivity index (χ3v) is 4.90. The highest BCUT2D eigenvalue weighted by Crippen LogP contribution is 2.16.